The number of benzene rings is 1. The molecular weight excluding hydrogens is 288 g/mol. The quantitative estimate of drug-likeness (QED) is 0.504. The van der Waals surface area contributed by atoms with Crippen molar-refractivity contribution in [2.45, 2.75) is 4.90 Å². The van der Waals surface area contributed by atoms with E-state index in [2.05, 4.69) is 0 Å². The Morgan fingerprint density at radius 2 is 2.30 bits per heavy atom. The molecule has 0 unspecified atom stereocenters. The SMILES string of the molecule is CN1C(=O)COc2cc([N+](=O)[O-])c(SCC(=O)O)cc21. The summed E-state index contributed by atoms with van der Waals surface area (Å²) in [6.07, 6.45) is 0. The number of carbonyl (C=O) groups is 2. The normalized spacial score (nSPS) is 13.7. The predicted octanol–water partition coefficient (Wildman–Crippen LogP) is 1.13. The molecule has 0 bridgehead atoms. The van der Waals surface area contributed by atoms with Crippen LogP contribution < -0.4 is 9.64 Å². The third kappa shape index (κ3) is 2.67. The van der Waals surface area contributed by atoms with Crippen molar-refractivity contribution in [1.29, 1.82) is 0 Å². The Labute approximate surface area is 117 Å². The van der Waals surface area contributed by atoms with Crippen LogP contribution in [-0.2, 0) is 9.59 Å². The number of ether oxygens (including phenoxy) is 1. The topological polar surface area (TPSA) is 110 Å². The third-order valence-corrected chi connectivity index (χ3v) is 3.70. The first-order valence-electron chi connectivity index (χ1n) is 5.46. The predicted molar refractivity (Wildman–Crippen MR) is 70.4 cm³/mol. The van der Waals surface area contributed by atoms with Crippen molar-refractivity contribution in [2.75, 3.05) is 24.3 Å². The van der Waals surface area contributed by atoms with Crippen molar-refractivity contribution in [3.8, 4) is 5.75 Å². The van der Waals surface area contributed by atoms with Crippen molar-refractivity contribution >= 4 is 35.0 Å². The molecule has 1 aromatic carbocycles. The molecule has 0 aliphatic carbocycles. The lowest BCUT2D eigenvalue weighted by atomic mass is 10.2. The Hall–Kier alpha value is -2.29. The molecule has 106 valence electrons. The van der Waals surface area contributed by atoms with Crippen LogP contribution in [0.4, 0.5) is 11.4 Å². The van der Waals surface area contributed by atoms with Gasteiger partial charge in [-0.1, -0.05) is 0 Å². The maximum Gasteiger partial charge on any atom is 0.313 e. The lowest BCUT2D eigenvalue weighted by molar-refractivity contribution is -0.387. The molecule has 8 nitrogen and oxygen atoms in total. The largest absolute Gasteiger partial charge is 0.481 e. The molecule has 0 fully saturated rings. The number of carboxylic acids is 1. The zero-order valence-electron chi connectivity index (χ0n) is 10.4. The maximum absolute atomic E-state index is 11.5. The molecule has 0 atom stereocenters. The average molecular weight is 298 g/mol. The van der Waals surface area contributed by atoms with Gasteiger partial charge < -0.3 is 14.7 Å². The number of likely N-dealkylation sites (N-methyl/N-ethyl adjacent to an activating group) is 1. The van der Waals surface area contributed by atoms with E-state index in [0.717, 1.165) is 11.8 Å². The fraction of sp³-hybridized carbons (Fsp3) is 0.273. The number of thioether (sulfide) groups is 1. The first-order valence-corrected chi connectivity index (χ1v) is 6.45. The number of nitro groups is 1. The first kappa shape index (κ1) is 14.1. The van der Waals surface area contributed by atoms with Crippen LogP contribution in [-0.4, -0.2) is 41.3 Å². The Kier molecular flexibility index (Phi) is 3.79. The van der Waals surface area contributed by atoms with E-state index in [0.29, 0.717) is 5.69 Å². The van der Waals surface area contributed by atoms with E-state index in [-0.39, 0.29) is 34.6 Å². The highest BCUT2D eigenvalue weighted by atomic mass is 32.2. The second kappa shape index (κ2) is 5.37. The van der Waals surface area contributed by atoms with Crippen LogP contribution in [0.2, 0.25) is 0 Å². The van der Waals surface area contributed by atoms with Crippen molar-refractivity contribution in [3.63, 3.8) is 0 Å². The second-order valence-corrected chi connectivity index (χ2v) is 4.99. The number of carboxylic acid groups (broad SMARTS) is 1. The molecule has 9 heteroatoms. The van der Waals surface area contributed by atoms with Gasteiger partial charge >= 0.3 is 5.97 Å². The Balaban J connectivity index is 2.46. The minimum absolute atomic E-state index is 0.178. The summed E-state index contributed by atoms with van der Waals surface area (Å²) in [4.78, 5) is 34.0. The number of nitrogens with zero attached hydrogens (tertiary/aromatic N) is 2. The molecule has 20 heavy (non-hydrogen) atoms. The minimum atomic E-state index is -1.08. The highest BCUT2D eigenvalue weighted by Gasteiger charge is 2.27. The molecule has 1 N–H and O–H groups in total. The van der Waals surface area contributed by atoms with Gasteiger partial charge in [0, 0.05) is 7.05 Å². The summed E-state index contributed by atoms with van der Waals surface area (Å²) in [6, 6.07) is 2.61. The molecule has 1 aliphatic rings. The number of aliphatic carboxylic acids is 1. The van der Waals surface area contributed by atoms with Gasteiger partial charge in [-0.05, 0) is 6.07 Å². The van der Waals surface area contributed by atoms with Crippen LogP contribution >= 0.6 is 11.8 Å². The molecule has 0 radical (unpaired) electrons. The van der Waals surface area contributed by atoms with Gasteiger partial charge in [-0.3, -0.25) is 19.7 Å². The number of anilines is 1. The first-order chi connectivity index (χ1) is 9.40. The Bertz CT molecular complexity index is 603. The third-order valence-electron chi connectivity index (χ3n) is 2.67. The number of nitro benzene ring substituents is 1. The summed E-state index contributed by atoms with van der Waals surface area (Å²) < 4.78 is 5.16. The molecule has 2 rings (SSSR count). The molecule has 0 aromatic heterocycles. The number of rotatable bonds is 4. The van der Waals surface area contributed by atoms with E-state index in [9.17, 15) is 19.7 Å². The molecule has 1 amide bonds. The monoisotopic (exact) mass is 298 g/mol. The summed E-state index contributed by atoms with van der Waals surface area (Å²) in [6.45, 7) is -0.178. The van der Waals surface area contributed by atoms with Crippen LogP contribution in [0.1, 0.15) is 0 Å². The lowest BCUT2D eigenvalue weighted by Gasteiger charge is -2.26. The lowest BCUT2D eigenvalue weighted by Crippen LogP contribution is -2.35. The van der Waals surface area contributed by atoms with Crippen LogP contribution in [0.15, 0.2) is 17.0 Å². The Morgan fingerprint density at radius 1 is 1.60 bits per heavy atom. The van der Waals surface area contributed by atoms with E-state index in [1.54, 1.807) is 0 Å². The van der Waals surface area contributed by atoms with Crippen molar-refractivity contribution in [3.05, 3.63) is 22.2 Å². The maximum atomic E-state index is 11.5. The van der Waals surface area contributed by atoms with E-state index < -0.39 is 10.9 Å². The smallest absolute Gasteiger partial charge is 0.313 e. The molecular formula is C11H10N2O6S. The van der Waals surface area contributed by atoms with Crippen LogP contribution in [0, 0.1) is 10.1 Å². The molecule has 1 aliphatic heterocycles. The molecule has 0 saturated carbocycles. The van der Waals surface area contributed by atoms with Crippen molar-refractivity contribution < 1.29 is 24.4 Å². The van der Waals surface area contributed by atoms with E-state index in [1.807, 2.05) is 0 Å². The second-order valence-electron chi connectivity index (χ2n) is 3.97. The standard InChI is InChI=1S/C11H10N2O6S/c1-12-6-3-9(20-5-11(15)16)7(13(17)18)2-8(6)19-4-10(12)14/h2-3H,4-5H2,1H3,(H,15,16). The number of fused-ring (bicyclic) bond motifs is 1. The van der Waals surface area contributed by atoms with E-state index in [4.69, 9.17) is 9.84 Å². The summed E-state index contributed by atoms with van der Waals surface area (Å²) >= 11 is 0.825. The van der Waals surface area contributed by atoms with Crippen LogP contribution in [0.5, 0.6) is 5.75 Å². The van der Waals surface area contributed by atoms with E-state index >= 15 is 0 Å². The fourth-order valence-corrected chi connectivity index (χ4v) is 2.44. The van der Waals surface area contributed by atoms with Gasteiger partial charge in [-0.15, -0.1) is 11.8 Å². The fourth-order valence-electron chi connectivity index (χ4n) is 1.68. The van der Waals surface area contributed by atoms with Crippen molar-refractivity contribution in [1.82, 2.24) is 0 Å². The highest BCUT2D eigenvalue weighted by molar-refractivity contribution is 8.00. The van der Waals surface area contributed by atoms with Gasteiger partial charge in [0.15, 0.2) is 12.4 Å². The molecule has 1 heterocycles. The zero-order chi connectivity index (χ0) is 14.9. The van der Waals surface area contributed by atoms with Gasteiger partial charge in [0.2, 0.25) is 0 Å². The Morgan fingerprint density at radius 3 is 2.90 bits per heavy atom. The molecule has 1 aromatic rings. The molecule has 0 saturated heterocycles. The van der Waals surface area contributed by atoms with Gasteiger partial charge in [-0.25, -0.2) is 0 Å². The van der Waals surface area contributed by atoms with E-state index in [1.165, 1.54) is 24.1 Å². The van der Waals surface area contributed by atoms with Gasteiger partial charge in [-0.2, -0.15) is 0 Å². The van der Waals surface area contributed by atoms with Crippen LogP contribution in [0.3, 0.4) is 0 Å². The average Bonchev–Trinajstić information content (AvgIpc) is 2.40. The van der Waals surface area contributed by atoms with Gasteiger partial charge in [0.25, 0.3) is 11.6 Å². The highest BCUT2D eigenvalue weighted by Crippen LogP contribution is 2.41. The molecule has 0 spiro atoms. The number of hydrogen-bond donors (Lipinski definition) is 1. The minimum Gasteiger partial charge on any atom is -0.481 e. The summed E-state index contributed by atoms with van der Waals surface area (Å²) in [5, 5.41) is 19.7. The van der Waals surface area contributed by atoms with Crippen LogP contribution in [0.25, 0.3) is 0 Å². The number of amides is 1. The van der Waals surface area contributed by atoms with Crippen molar-refractivity contribution in [2.24, 2.45) is 0 Å². The number of hydrogen-bond acceptors (Lipinski definition) is 6. The summed E-state index contributed by atoms with van der Waals surface area (Å²) in [5.74, 6) is -1.43. The number of carbonyl (C=O) groups excluding carboxylic acids is 1. The van der Waals surface area contributed by atoms with Gasteiger partial charge in [0.05, 0.1) is 27.3 Å². The summed E-state index contributed by atoms with van der Waals surface area (Å²) in [7, 11) is 1.53. The summed E-state index contributed by atoms with van der Waals surface area (Å²) in [5.41, 5.74) is 0.150. The van der Waals surface area contributed by atoms with Gasteiger partial charge in [0.1, 0.15) is 0 Å². The zero-order valence-corrected chi connectivity index (χ0v) is 11.2.